The van der Waals surface area contributed by atoms with Crippen molar-refractivity contribution in [2.75, 3.05) is 0 Å². The van der Waals surface area contributed by atoms with Crippen molar-refractivity contribution in [3.8, 4) is 0 Å². The third kappa shape index (κ3) is 3.60. The van der Waals surface area contributed by atoms with E-state index >= 15 is 0 Å². The molecule has 2 rings (SSSR count). The quantitative estimate of drug-likeness (QED) is 0.759. The van der Waals surface area contributed by atoms with Crippen LogP contribution >= 0.6 is 11.6 Å². The number of aromatic nitrogens is 3. The molecule has 0 spiro atoms. The van der Waals surface area contributed by atoms with Gasteiger partial charge in [-0.3, -0.25) is 0 Å². The first-order chi connectivity index (χ1) is 9.61. The third-order valence-corrected chi connectivity index (χ3v) is 3.69. The monoisotopic (exact) mass is 291 g/mol. The van der Waals surface area contributed by atoms with Gasteiger partial charge in [0.2, 0.25) is 0 Å². The van der Waals surface area contributed by atoms with Gasteiger partial charge in [-0.15, -0.1) is 21.8 Å². The topological polar surface area (TPSA) is 30.7 Å². The zero-order valence-electron chi connectivity index (χ0n) is 12.4. The summed E-state index contributed by atoms with van der Waals surface area (Å²) >= 11 is 5.95. The second kappa shape index (κ2) is 6.89. The van der Waals surface area contributed by atoms with Gasteiger partial charge in [-0.1, -0.05) is 38.1 Å². The van der Waals surface area contributed by atoms with Gasteiger partial charge >= 0.3 is 0 Å². The fraction of sp³-hybridized carbons (Fsp3) is 0.500. The molecule has 0 bridgehead atoms. The Hall–Kier alpha value is -1.35. The molecule has 0 saturated heterocycles. The summed E-state index contributed by atoms with van der Waals surface area (Å²) in [6.45, 7) is 7.47. The molecular formula is C16H22ClN3. The van der Waals surface area contributed by atoms with E-state index in [1.165, 1.54) is 11.1 Å². The zero-order valence-corrected chi connectivity index (χ0v) is 13.2. The molecule has 0 saturated carbocycles. The van der Waals surface area contributed by atoms with Crippen molar-refractivity contribution < 1.29 is 0 Å². The lowest BCUT2D eigenvalue weighted by Gasteiger charge is -2.12. The Morgan fingerprint density at radius 2 is 1.80 bits per heavy atom. The lowest BCUT2D eigenvalue weighted by molar-refractivity contribution is 0.496. The summed E-state index contributed by atoms with van der Waals surface area (Å²) in [7, 11) is 0. The molecule has 0 unspecified atom stereocenters. The fourth-order valence-corrected chi connectivity index (χ4v) is 2.57. The number of alkyl halides is 1. The van der Waals surface area contributed by atoms with Gasteiger partial charge in [0.05, 0.1) is 5.88 Å². The van der Waals surface area contributed by atoms with Crippen molar-refractivity contribution in [3.63, 3.8) is 0 Å². The Balaban J connectivity index is 2.13. The Morgan fingerprint density at radius 3 is 2.45 bits per heavy atom. The fourth-order valence-electron chi connectivity index (χ4n) is 2.37. The van der Waals surface area contributed by atoms with E-state index in [9.17, 15) is 0 Å². The van der Waals surface area contributed by atoms with Crippen LogP contribution < -0.4 is 0 Å². The summed E-state index contributed by atoms with van der Waals surface area (Å²) in [5.41, 5.74) is 2.71. The van der Waals surface area contributed by atoms with Crippen LogP contribution in [-0.4, -0.2) is 14.8 Å². The van der Waals surface area contributed by atoms with Gasteiger partial charge < -0.3 is 4.57 Å². The van der Waals surface area contributed by atoms with Crippen molar-refractivity contribution >= 4 is 11.6 Å². The SMILES string of the molecule is Cc1ccccc1CCc1nnc(CCl)n1CC(C)C. The Kier molecular flexibility index (Phi) is 5.18. The van der Waals surface area contributed by atoms with E-state index in [1.807, 2.05) is 0 Å². The lowest BCUT2D eigenvalue weighted by Crippen LogP contribution is -2.12. The molecule has 1 aromatic carbocycles. The Bertz CT molecular complexity index is 561. The summed E-state index contributed by atoms with van der Waals surface area (Å²) < 4.78 is 2.18. The summed E-state index contributed by atoms with van der Waals surface area (Å²) in [4.78, 5) is 0. The number of benzene rings is 1. The van der Waals surface area contributed by atoms with Crippen LogP contribution in [0.2, 0.25) is 0 Å². The zero-order chi connectivity index (χ0) is 14.5. The molecule has 108 valence electrons. The van der Waals surface area contributed by atoms with Crippen LogP contribution in [0.3, 0.4) is 0 Å². The van der Waals surface area contributed by atoms with Crippen molar-refractivity contribution in [2.24, 2.45) is 5.92 Å². The van der Waals surface area contributed by atoms with E-state index in [-0.39, 0.29) is 0 Å². The second-order valence-corrected chi connectivity index (χ2v) is 5.86. The van der Waals surface area contributed by atoms with E-state index < -0.39 is 0 Å². The maximum atomic E-state index is 5.95. The molecule has 0 aliphatic rings. The lowest BCUT2D eigenvalue weighted by atomic mass is 10.0. The van der Waals surface area contributed by atoms with Crippen LogP contribution in [0.4, 0.5) is 0 Å². The highest BCUT2D eigenvalue weighted by atomic mass is 35.5. The van der Waals surface area contributed by atoms with Gasteiger partial charge in [0, 0.05) is 13.0 Å². The van der Waals surface area contributed by atoms with Gasteiger partial charge in [0.1, 0.15) is 11.6 Å². The van der Waals surface area contributed by atoms with Crippen LogP contribution in [0.25, 0.3) is 0 Å². The molecule has 4 heteroatoms. The average molecular weight is 292 g/mol. The van der Waals surface area contributed by atoms with Crippen molar-refractivity contribution in [2.45, 2.75) is 46.0 Å². The molecular weight excluding hydrogens is 270 g/mol. The number of halogens is 1. The van der Waals surface area contributed by atoms with Gasteiger partial charge in [-0.2, -0.15) is 0 Å². The van der Waals surface area contributed by atoms with Crippen LogP contribution in [0.15, 0.2) is 24.3 Å². The minimum atomic E-state index is 0.421. The molecule has 2 aromatic rings. The maximum Gasteiger partial charge on any atom is 0.147 e. The first-order valence-corrected chi connectivity index (χ1v) is 7.66. The normalized spacial score (nSPS) is 11.2. The molecule has 0 aliphatic carbocycles. The predicted molar refractivity (Wildman–Crippen MR) is 83.0 cm³/mol. The number of hydrogen-bond acceptors (Lipinski definition) is 2. The van der Waals surface area contributed by atoms with Crippen LogP contribution in [0.1, 0.15) is 36.6 Å². The molecule has 0 N–H and O–H groups in total. The maximum absolute atomic E-state index is 5.95. The highest BCUT2D eigenvalue weighted by Gasteiger charge is 2.12. The highest BCUT2D eigenvalue weighted by Crippen LogP contribution is 2.14. The smallest absolute Gasteiger partial charge is 0.147 e. The van der Waals surface area contributed by atoms with E-state index in [0.29, 0.717) is 11.8 Å². The first kappa shape index (κ1) is 15.0. The summed E-state index contributed by atoms with van der Waals surface area (Å²) in [5, 5.41) is 8.52. The molecule has 0 radical (unpaired) electrons. The van der Waals surface area contributed by atoms with Gasteiger partial charge in [0.25, 0.3) is 0 Å². The molecule has 0 atom stereocenters. The molecule has 1 heterocycles. The van der Waals surface area contributed by atoms with Crippen molar-refractivity contribution in [1.29, 1.82) is 0 Å². The average Bonchev–Trinajstić information content (AvgIpc) is 2.79. The van der Waals surface area contributed by atoms with Crippen LogP contribution in [0.5, 0.6) is 0 Å². The summed E-state index contributed by atoms with van der Waals surface area (Å²) in [6.07, 6.45) is 1.90. The summed E-state index contributed by atoms with van der Waals surface area (Å²) in [5.74, 6) is 2.90. The number of hydrogen-bond donors (Lipinski definition) is 0. The number of nitrogens with zero attached hydrogens (tertiary/aromatic N) is 3. The summed E-state index contributed by atoms with van der Waals surface area (Å²) in [6, 6.07) is 8.50. The number of aryl methyl sites for hydroxylation is 3. The largest absolute Gasteiger partial charge is 0.314 e. The highest BCUT2D eigenvalue weighted by molar-refractivity contribution is 6.16. The number of rotatable bonds is 6. The third-order valence-electron chi connectivity index (χ3n) is 3.45. The standard InChI is InChI=1S/C16H22ClN3/c1-12(2)11-20-15(18-19-16(20)10-17)9-8-14-7-5-4-6-13(14)3/h4-7,12H,8-11H2,1-3H3. The molecule has 0 aliphatic heterocycles. The van der Waals surface area contributed by atoms with Crippen LogP contribution in [0, 0.1) is 12.8 Å². The van der Waals surface area contributed by atoms with E-state index in [2.05, 4.69) is 59.8 Å². The Labute approximate surface area is 126 Å². The Morgan fingerprint density at radius 1 is 1.10 bits per heavy atom. The molecule has 20 heavy (non-hydrogen) atoms. The molecule has 0 fully saturated rings. The van der Waals surface area contributed by atoms with Gasteiger partial charge in [-0.05, 0) is 30.4 Å². The second-order valence-electron chi connectivity index (χ2n) is 5.60. The predicted octanol–water partition coefficient (Wildman–Crippen LogP) is 3.77. The van der Waals surface area contributed by atoms with E-state index in [4.69, 9.17) is 11.6 Å². The van der Waals surface area contributed by atoms with Gasteiger partial charge in [-0.25, -0.2) is 0 Å². The molecule has 3 nitrogen and oxygen atoms in total. The van der Waals surface area contributed by atoms with Crippen molar-refractivity contribution in [3.05, 3.63) is 47.0 Å². The van der Waals surface area contributed by atoms with E-state index in [0.717, 1.165) is 31.0 Å². The minimum absolute atomic E-state index is 0.421. The van der Waals surface area contributed by atoms with Crippen molar-refractivity contribution in [1.82, 2.24) is 14.8 Å². The minimum Gasteiger partial charge on any atom is -0.314 e. The van der Waals surface area contributed by atoms with Crippen LogP contribution in [-0.2, 0) is 25.3 Å². The van der Waals surface area contributed by atoms with E-state index in [1.54, 1.807) is 0 Å². The first-order valence-electron chi connectivity index (χ1n) is 7.13. The molecule has 0 amide bonds. The molecule has 1 aromatic heterocycles. The van der Waals surface area contributed by atoms with Gasteiger partial charge in [0.15, 0.2) is 0 Å².